The summed E-state index contributed by atoms with van der Waals surface area (Å²) in [5, 5.41) is 9.06. The highest BCUT2D eigenvalue weighted by atomic mass is 16.4. The van der Waals surface area contributed by atoms with Gasteiger partial charge < -0.3 is 15.7 Å². The van der Waals surface area contributed by atoms with Gasteiger partial charge in [0.2, 0.25) is 0 Å². The van der Waals surface area contributed by atoms with Crippen LogP contribution in [0.5, 0.6) is 0 Å². The van der Waals surface area contributed by atoms with Crippen LogP contribution in [0.15, 0.2) is 0 Å². The first kappa shape index (κ1) is 8.97. The molecule has 3 N–H and O–H groups in total. The summed E-state index contributed by atoms with van der Waals surface area (Å²) in [6.07, 6.45) is 1.64. The van der Waals surface area contributed by atoms with Gasteiger partial charge in [-0.2, -0.15) is 0 Å². The average Bonchev–Trinajstić information content (AvgIpc) is 2.24. The van der Waals surface area contributed by atoms with E-state index in [0.29, 0.717) is 12.3 Å². The standard InChI is InChI=1S/C9H16N2O2/c1-11-4-6-2-7(5-11)9(10,3-6)8(12)13/h6-7H,2-5,10H2,1H3,(H,12,13)/t6-,7-,9+/m0/s1. The van der Waals surface area contributed by atoms with Crippen molar-refractivity contribution in [1.82, 2.24) is 4.90 Å². The minimum atomic E-state index is -0.949. The average molecular weight is 184 g/mol. The van der Waals surface area contributed by atoms with E-state index in [1.54, 1.807) is 0 Å². The lowest BCUT2D eigenvalue weighted by Crippen LogP contribution is -2.53. The highest BCUT2D eigenvalue weighted by molar-refractivity contribution is 5.79. The number of likely N-dealkylation sites (tertiary alicyclic amines) is 1. The number of carboxylic acid groups (broad SMARTS) is 1. The van der Waals surface area contributed by atoms with Gasteiger partial charge in [0.15, 0.2) is 0 Å². The summed E-state index contributed by atoms with van der Waals surface area (Å²) in [7, 11) is 2.03. The molecule has 1 heterocycles. The first-order chi connectivity index (χ1) is 6.02. The molecule has 4 heteroatoms. The molecule has 13 heavy (non-hydrogen) atoms. The molecule has 1 aliphatic carbocycles. The van der Waals surface area contributed by atoms with Crippen LogP contribution in [0, 0.1) is 11.8 Å². The van der Waals surface area contributed by atoms with Crippen LogP contribution in [0.3, 0.4) is 0 Å². The van der Waals surface area contributed by atoms with Crippen LogP contribution in [0.4, 0.5) is 0 Å². The molecule has 0 amide bonds. The smallest absolute Gasteiger partial charge is 0.324 e. The Labute approximate surface area is 77.7 Å². The van der Waals surface area contributed by atoms with Crippen molar-refractivity contribution in [3.8, 4) is 0 Å². The summed E-state index contributed by atoms with van der Waals surface area (Å²) in [5.74, 6) is -0.186. The molecule has 0 aromatic rings. The molecule has 1 saturated heterocycles. The Bertz CT molecular complexity index is 244. The summed E-state index contributed by atoms with van der Waals surface area (Å²) in [4.78, 5) is 13.2. The van der Waals surface area contributed by atoms with E-state index in [0.717, 1.165) is 19.5 Å². The number of carboxylic acids is 1. The minimum Gasteiger partial charge on any atom is -0.480 e. The summed E-state index contributed by atoms with van der Waals surface area (Å²) in [6, 6.07) is 0. The predicted molar refractivity (Wildman–Crippen MR) is 48.3 cm³/mol. The molecule has 74 valence electrons. The van der Waals surface area contributed by atoms with Gasteiger partial charge in [-0.3, -0.25) is 4.79 Å². The number of nitrogens with two attached hydrogens (primary N) is 1. The second-order valence-corrected chi connectivity index (χ2v) is 4.57. The molecule has 4 nitrogen and oxygen atoms in total. The maximum absolute atomic E-state index is 11.0. The topological polar surface area (TPSA) is 66.6 Å². The molecule has 0 radical (unpaired) electrons. The number of rotatable bonds is 1. The van der Waals surface area contributed by atoms with Crippen molar-refractivity contribution >= 4 is 5.97 Å². The molecule has 2 rings (SSSR count). The van der Waals surface area contributed by atoms with E-state index in [1.807, 2.05) is 7.05 Å². The Hall–Kier alpha value is -0.610. The second kappa shape index (κ2) is 2.69. The zero-order valence-electron chi connectivity index (χ0n) is 7.86. The molecule has 0 aromatic heterocycles. The van der Waals surface area contributed by atoms with Gasteiger partial charge in [0, 0.05) is 19.0 Å². The van der Waals surface area contributed by atoms with Gasteiger partial charge in [-0.05, 0) is 25.8 Å². The molecule has 1 aliphatic heterocycles. The SMILES string of the molecule is CN1C[C@H]2C[C@@H](C1)[C@@](N)(C(=O)O)C2. The number of nitrogens with zero attached hydrogens (tertiary/aromatic N) is 1. The van der Waals surface area contributed by atoms with Crippen LogP contribution in [-0.4, -0.2) is 41.7 Å². The molecule has 2 aliphatic rings. The number of aliphatic carboxylic acids is 1. The van der Waals surface area contributed by atoms with Crippen LogP contribution < -0.4 is 5.73 Å². The highest BCUT2D eigenvalue weighted by Crippen LogP contribution is 2.42. The zero-order valence-corrected chi connectivity index (χ0v) is 7.86. The van der Waals surface area contributed by atoms with Crippen molar-refractivity contribution in [3.63, 3.8) is 0 Å². The van der Waals surface area contributed by atoms with Crippen LogP contribution in [0.2, 0.25) is 0 Å². The Morgan fingerprint density at radius 2 is 2.31 bits per heavy atom. The number of carbonyl (C=O) groups is 1. The summed E-state index contributed by atoms with van der Waals surface area (Å²) >= 11 is 0. The number of fused-ring (bicyclic) bond motifs is 2. The van der Waals surface area contributed by atoms with Gasteiger partial charge in [0.25, 0.3) is 0 Å². The van der Waals surface area contributed by atoms with Crippen molar-refractivity contribution in [1.29, 1.82) is 0 Å². The summed E-state index contributed by atoms with van der Waals surface area (Å²) in [5.41, 5.74) is 4.97. The number of hydrogen-bond acceptors (Lipinski definition) is 3. The molecular formula is C9H16N2O2. The summed E-state index contributed by atoms with van der Waals surface area (Å²) < 4.78 is 0. The van der Waals surface area contributed by atoms with Crippen LogP contribution in [0.1, 0.15) is 12.8 Å². The van der Waals surface area contributed by atoms with Crippen LogP contribution >= 0.6 is 0 Å². The van der Waals surface area contributed by atoms with Crippen molar-refractivity contribution in [2.75, 3.05) is 20.1 Å². The van der Waals surface area contributed by atoms with Gasteiger partial charge in [-0.15, -0.1) is 0 Å². The minimum absolute atomic E-state index is 0.147. The first-order valence-corrected chi connectivity index (χ1v) is 4.73. The molecule has 0 spiro atoms. The van der Waals surface area contributed by atoms with E-state index in [4.69, 9.17) is 10.8 Å². The van der Waals surface area contributed by atoms with E-state index in [1.165, 1.54) is 0 Å². The van der Waals surface area contributed by atoms with Gasteiger partial charge in [-0.1, -0.05) is 0 Å². The van der Waals surface area contributed by atoms with Crippen LogP contribution in [-0.2, 0) is 4.79 Å². The summed E-state index contributed by atoms with van der Waals surface area (Å²) in [6.45, 7) is 1.84. The zero-order chi connectivity index (χ0) is 9.64. The van der Waals surface area contributed by atoms with E-state index < -0.39 is 11.5 Å². The lowest BCUT2D eigenvalue weighted by molar-refractivity contribution is -0.144. The Morgan fingerprint density at radius 1 is 1.62 bits per heavy atom. The van der Waals surface area contributed by atoms with Gasteiger partial charge in [0.05, 0.1) is 0 Å². The fourth-order valence-corrected chi connectivity index (χ4v) is 2.87. The van der Waals surface area contributed by atoms with Crippen molar-refractivity contribution < 1.29 is 9.90 Å². The van der Waals surface area contributed by atoms with Crippen molar-refractivity contribution in [3.05, 3.63) is 0 Å². The Balaban J connectivity index is 2.22. The van der Waals surface area contributed by atoms with E-state index in [2.05, 4.69) is 4.90 Å². The third-order valence-corrected chi connectivity index (χ3v) is 3.47. The molecule has 3 atom stereocenters. The number of hydrogen-bond donors (Lipinski definition) is 2. The predicted octanol–water partition coefficient (Wildman–Crippen LogP) is -0.260. The number of piperidine rings is 1. The second-order valence-electron chi connectivity index (χ2n) is 4.57. The van der Waals surface area contributed by atoms with Gasteiger partial charge in [-0.25, -0.2) is 0 Å². The third kappa shape index (κ3) is 1.25. The molecule has 1 saturated carbocycles. The van der Waals surface area contributed by atoms with Gasteiger partial charge >= 0.3 is 5.97 Å². The fraction of sp³-hybridized carbons (Fsp3) is 0.889. The highest BCUT2D eigenvalue weighted by Gasteiger charge is 2.52. The van der Waals surface area contributed by atoms with E-state index >= 15 is 0 Å². The van der Waals surface area contributed by atoms with E-state index in [-0.39, 0.29) is 5.92 Å². The largest absolute Gasteiger partial charge is 0.480 e. The van der Waals surface area contributed by atoms with Crippen LogP contribution in [0.25, 0.3) is 0 Å². The lowest BCUT2D eigenvalue weighted by atomic mass is 9.88. The molecule has 2 fully saturated rings. The quantitative estimate of drug-likeness (QED) is 0.589. The lowest BCUT2D eigenvalue weighted by Gasteiger charge is -2.31. The van der Waals surface area contributed by atoms with Crippen molar-refractivity contribution in [2.24, 2.45) is 17.6 Å². The Kier molecular flexibility index (Phi) is 1.85. The van der Waals surface area contributed by atoms with E-state index in [9.17, 15) is 4.79 Å². The maximum Gasteiger partial charge on any atom is 0.324 e. The maximum atomic E-state index is 11.0. The Morgan fingerprint density at radius 3 is 2.92 bits per heavy atom. The first-order valence-electron chi connectivity index (χ1n) is 4.73. The van der Waals surface area contributed by atoms with Crippen molar-refractivity contribution in [2.45, 2.75) is 18.4 Å². The molecule has 0 unspecified atom stereocenters. The fourth-order valence-electron chi connectivity index (χ4n) is 2.87. The molecular weight excluding hydrogens is 168 g/mol. The van der Waals surface area contributed by atoms with Gasteiger partial charge in [0.1, 0.15) is 5.54 Å². The molecule has 2 bridgehead atoms. The third-order valence-electron chi connectivity index (χ3n) is 3.47. The normalized spacial score (nSPS) is 45.1. The molecule has 0 aromatic carbocycles. The monoisotopic (exact) mass is 184 g/mol.